The lowest BCUT2D eigenvalue weighted by atomic mass is 9.64. The fourth-order valence-electron chi connectivity index (χ4n) is 2.93. The Morgan fingerprint density at radius 3 is 2.68 bits per heavy atom. The van der Waals surface area contributed by atoms with Gasteiger partial charge in [-0.15, -0.1) is 0 Å². The first-order valence-corrected chi connectivity index (χ1v) is 8.21. The largest absolute Gasteiger partial charge is 0.0990 e. The highest BCUT2D eigenvalue weighted by Crippen LogP contribution is 2.45. The molecule has 106 valence electrons. The molecule has 19 heavy (non-hydrogen) atoms. The maximum atomic E-state index is 3.76. The number of hydrogen-bond donors (Lipinski definition) is 0. The molecule has 0 saturated heterocycles. The molecule has 0 heterocycles. The van der Waals surface area contributed by atoms with Crippen molar-refractivity contribution in [1.82, 2.24) is 0 Å². The topological polar surface area (TPSA) is 0 Å². The van der Waals surface area contributed by atoms with Gasteiger partial charge in [-0.3, -0.25) is 0 Å². The highest BCUT2D eigenvalue weighted by atomic mass is 127. The van der Waals surface area contributed by atoms with Crippen molar-refractivity contribution in [2.75, 3.05) is 0 Å². The summed E-state index contributed by atoms with van der Waals surface area (Å²) in [5, 5.41) is 0. The molecule has 1 aliphatic carbocycles. The lowest BCUT2D eigenvalue weighted by molar-refractivity contribution is 0.217. The van der Waals surface area contributed by atoms with Gasteiger partial charge in [0, 0.05) is 3.58 Å². The van der Waals surface area contributed by atoms with Crippen LogP contribution in [0.5, 0.6) is 0 Å². The Hall–Kier alpha value is -0.310. The third kappa shape index (κ3) is 4.34. The minimum atomic E-state index is 0.215. The Bertz CT molecular complexity index is 421. The molecule has 0 fully saturated rings. The summed E-state index contributed by atoms with van der Waals surface area (Å²) in [6.07, 6.45) is 11.3. The summed E-state index contributed by atoms with van der Waals surface area (Å²) < 4.78 is 1.25. The van der Waals surface area contributed by atoms with Crippen molar-refractivity contribution < 1.29 is 0 Å². The van der Waals surface area contributed by atoms with E-state index >= 15 is 0 Å². The monoisotopic (exact) mass is 370 g/mol. The predicted octanol–water partition coefficient (Wildman–Crippen LogP) is 6.46. The third-order valence-corrected chi connectivity index (χ3v) is 5.22. The predicted molar refractivity (Wildman–Crippen MR) is 95.5 cm³/mol. The van der Waals surface area contributed by atoms with Crippen molar-refractivity contribution in [1.29, 1.82) is 0 Å². The van der Waals surface area contributed by atoms with E-state index < -0.39 is 0 Å². The second-order valence-electron chi connectivity index (χ2n) is 6.39. The lowest BCUT2D eigenvalue weighted by Gasteiger charge is -2.40. The van der Waals surface area contributed by atoms with Crippen molar-refractivity contribution in [2.24, 2.45) is 17.3 Å². The Balaban J connectivity index is 3.05. The van der Waals surface area contributed by atoms with Crippen molar-refractivity contribution in [3.63, 3.8) is 0 Å². The van der Waals surface area contributed by atoms with Gasteiger partial charge in [-0.05, 0) is 78.7 Å². The Kier molecular flexibility index (Phi) is 6.10. The van der Waals surface area contributed by atoms with Crippen molar-refractivity contribution >= 4 is 22.6 Å². The smallest absolute Gasteiger partial charge is 0.0129 e. The molecule has 0 saturated carbocycles. The van der Waals surface area contributed by atoms with Crippen molar-refractivity contribution in [3.8, 4) is 0 Å². The summed E-state index contributed by atoms with van der Waals surface area (Å²) in [7, 11) is 0. The molecule has 0 radical (unpaired) electrons. The number of rotatable bonds is 4. The fourth-order valence-corrected chi connectivity index (χ4v) is 3.65. The Morgan fingerprint density at radius 2 is 2.11 bits per heavy atom. The molecule has 1 heteroatoms. The van der Waals surface area contributed by atoms with Crippen molar-refractivity contribution in [3.05, 3.63) is 45.6 Å². The number of allylic oxidation sites excluding steroid dienone is 7. The number of hydrogen-bond acceptors (Lipinski definition) is 0. The van der Waals surface area contributed by atoms with Crippen LogP contribution in [-0.2, 0) is 0 Å². The van der Waals surface area contributed by atoms with Crippen LogP contribution in [-0.4, -0.2) is 0 Å². The van der Waals surface area contributed by atoms with Gasteiger partial charge in [0.1, 0.15) is 0 Å². The molecule has 2 unspecified atom stereocenters. The van der Waals surface area contributed by atoms with Crippen LogP contribution in [0.15, 0.2) is 45.6 Å². The van der Waals surface area contributed by atoms with Crippen LogP contribution in [0.4, 0.5) is 0 Å². The molecule has 0 aromatic heterocycles. The van der Waals surface area contributed by atoms with Crippen molar-refractivity contribution in [2.45, 2.75) is 47.5 Å². The summed E-state index contributed by atoms with van der Waals surface area (Å²) in [5.74, 6) is 1.41. The van der Waals surface area contributed by atoms with E-state index in [1.54, 1.807) is 5.57 Å². The van der Waals surface area contributed by atoms with Gasteiger partial charge in [-0.25, -0.2) is 0 Å². The molecule has 0 nitrogen and oxygen atoms in total. The van der Waals surface area contributed by atoms with Gasteiger partial charge in [-0.1, -0.05) is 50.6 Å². The summed E-state index contributed by atoms with van der Waals surface area (Å²) in [5.41, 5.74) is 3.23. The van der Waals surface area contributed by atoms with Crippen LogP contribution in [0.25, 0.3) is 0 Å². The second kappa shape index (κ2) is 6.92. The zero-order chi connectivity index (χ0) is 14.6. The third-order valence-electron chi connectivity index (χ3n) is 4.55. The van der Waals surface area contributed by atoms with Gasteiger partial charge in [0.05, 0.1) is 0 Å². The van der Waals surface area contributed by atoms with E-state index in [4.69, 9.17) is 0 Å². The molecule has 0 amide bonds. The van der Waals surface area contributed by atoms with Crippen LogP contribution >= 0.6 is 22.6 Å². The number of halogens is 1. The molecule has 2 atom stereocenters. The molecule has 0 aromatic carbocycles. The van der Waals surface area contributed by atoms with E-state index in [0.29, 0.717) is 5.92 Å². The average Bonchev–Trinajstić information content (AvgIpc) is 2.32. The summed E-state index contributed by atoms with van der Waals surface area (Å²) >= 11 is 2.38. The molecule has 0 bridgehead atoms. The first-order chi connectivity index (χ1) is 8.78. The highest BCUT2D eigenvalue weighted by molar-refractivity contribution is 14.1. The quantitative estimate of drug-likeness (QED) is 0.303. The van der Waals surface area contributed by atoms with E-state index in [1.165, 1.54) is 22.0 Å². The Labute approximate surface area is 132 Å². The van der Waals surface area contributed by atoms with E-state index in [1.807, 2.05) is 6.08 Å². The molecule has 1 rings (SSSR count). The molecular formula is C18H27I. The molecule has 0 aliphatic heterocycles. The van der Waals surface area contributed by atoms with Gasteiger partial charge >= 0.3 is 0 Å². The van der Waals surface area contributed by atoms with Crippen LogP contribution in [0, 0.1) is 17.3 Å². The lowest BCUT2D eigenvalue weighted by Crippen LogP contribution is -2.31. The van der Waals surface area contributed by atoms with Crippen LogP contribution in [0.1, 0.15) is 47.5 Å². The molecule has 0 N–H and O–H groups in total. The van der Waals surface area contributed by atoms with Crippen LogP contribution in [0.2, 0.25) is 0 Å². The van der Waals surface area contributed by atoms with E-state index in [2.05, 4.69) is 82.0 Å². The maximum Gasteiger partial charge on any atom is 0.0129 e. The standard InChI is InChI=1S/C18H27I/c1-7-8-16(19)12-15(4)18(5,6)17-11-13(2)9-10-14(17)3/h7-8,11-12,14,17H,1,9-10H2,2-6H3/b15-12+,16-8+. The fraction of sp³-hybridized carbons (Fsp3) is 0.556. The highest BCUT2D eigenvalue weighted by Gasteiger charge is 2.35. The average molecular weight is 370 g/mol. The van der Waals surface area contributed by atoms with Gasteiger partial charge in [0.15, 0.2) is 0 Å². The zero-order valence-electron chi connectivity index (χ0n) is 13.0. The van der Waals surface area contributed by atoms with E-state index in [-0.39, 0.29) is 5.41 Å². The minimum absolute atomic E-state index is 0.215. The second-order valence-corrected chi connectivity index (χ2v) is 7.64. The van der Waals surface area contributed by atoms with Gasteiger partial charge in [-0.2, -0.15) is 0 Å². The molecule has 0 spiro atoms. The van der Waals surface area contributed by atoms with E-state index in [9.17, 15) is 0 Å². The molecular weight excluding hydrogens is 343 g/mol. The van der Waals surface area contributed by atoms with Gasteiger partial charge < -0.3 is 0 Å². The maximum absolute atomic E-state index is 3.76. The Morgan fingerprint density at radius 1 is 1.47 bits per heavy atom. The summed E-state index contributed by atoms with van der Waals surface area (Å²) in [6, 6.07) is 0. The molecule has 0 aromatic rings. The normalized spacial score (nSPS) is 26.1. The summed E-state index contributed by atoms with van der Waals surface area (Å²) in [6.45, 7) is 15.5. The van der Waals surface area contributed by atoms with E-state index in [0.717, 1.165) is 5.92 Å². The summed E-state index contributed by atoms with van der Waals surface area (Å²) in [4.78, 5) is 0. The zero-order valence-corrected chi connectivity index (χ0v) is 15.1. The van der Waals surface area contributed by atoms with Crippen LogP contribution in [0.3, 0.4) is 0 Å². The van der Waals surface area contributed by atoms with Gasteiger partial charge in [0.2, 0.25) is 0 Å². The minimum Gasteiger partial charge on any atom is -0.0990 e. The molecule has 1 aliphatic rings. The van der Waals surface area contributed by atoms with Crippen LogP contribution < -0.4 is 0 Å². The SMILES string of the molecule is C=C/C=C(I)\C=C(/C)C(C)(C)C1C=C(C)CCC1C. The first-order valence-electron chi connectivity index (χ1n) is 7.13. The van der Waals surface area contributed by atoms with Gasteiger partial charge in [0.25, 0.3) is 0 Å². The first kappa shape index (κ1) is 16.7.